The summed E-state index contributed by atoms with van der Waals surface area (Å²) in [5, 5.41) is 0. The summed E-state index contributed by atoms with van der Waals surface area (Å²) in [6, 6.07) is 6.14. The minimum Gasteiger partial charge on any atom is -0.337 e. The zero-order valence-corrected chi connectivity index (χ0v) is 12.2. The first-order chi connectivity index (χ1) is 8.38. The Morgan fingerprint density at radius 2 is 2.11 bits per heavy atom. The van der Waals surface area contributed by atoms with Crippen LogP contribution in [-0.2, 0) is 9.84 Å². The largest absolute Gasteiger partial charge is 0.337 e. The molecule has 1 atom stereocenters. The highest BCUT2D eigenvalue weighted by Crippen LogP contribution is 2.16. The summed E-state index contributed by atoms with van der Waals surface area (Å²) in [4.78, 5) is 14.0. The average Bonchev–Trinajstić information content (AvgIpc) is 2.74. The fraction of sp³-hybridized carbons (Fsp3) is 0.417. The molecule has 0 saturated carbocycles. The van der Waals surface area contributed by atoms with Crippen LogP contribution in [0.5, 0.6) is 0 Å². The molecular weight excluding hydrogens is 288 g/mol. The lowest BCUT2D eigenvalue weighted by Crippen LogP contribution is -2.31. The van der Waals surface area contributed by atoms with Crippen LogP contribution < -0.4 is 5.73 Å². The lowest BCUT2D eigenvalue weighted by molar-refractivity contribution is 0.0790. The van der Waals surface area contributed by atoms with Gasteiger partial charge in [-0.2, -0.15) is 0 Å². The summed E-state index contributed by atoms with van der Waals surface area (Å²) in [6.45, 7) is 1.16. The molecule has 19 heavy (non-hydrogen) atoms. The summed E-state index contributed by atoms with van der Waals surface area (Å²) < 4.78 is 22.9. The van der Waals surface area contributed by atoms with Crippen molar-refractivity contribution in [3.63, 3.8) is 0 Å². The summed E-state index contributed by atoms with van der Waals surface area (Å²) in [5.74, 6) is -0.159. The SMILES string of the molecule is CS(=O)(=O)c1cccc(C(=O)N2CC[C@H](N)C2)c1.Cl. The first kappa shape index (κ1) is 15.9. The first-order valence-corrected chi connectivity index (χ1v) is 7.62. The first-order valence-electron chi connectivity index (χ1n) is 5.73. The fourth-order valence-electron chi connectivity index (χ4n) is 2.01. The molecule has 2 N–H and O–H groups in total. The van der Waals surface area contributed by atoms with E-state index in [0.29, 0.717) is 18.7 Å². The standard InChI is InChI=1S/C12H16N2O3S.ClH/c1-18(16,17)11-4-2-3-9(7-11)12(15)14-6-5-10(13)8-14;/h2-4,7,10H,5-6,8,13H2,1H3;1H/t10-;/m0./s1. The Morgan fingerprint density at radius 1 is 1.42 bits per heavy atom. The summed E-state index contributed by atoms with van der Waals surface area (Å²) >= 11 is 0. The average molecular weight is 305 g/mol. The number of carbonyl (C=O) groups is 1. The summed E-state index contributed by atoms with van der Waals surface area (Å²) in [5.41, 5.74) is 6.15. The van der Waals surface area contributed by atoms with E-state index in [2.05, 4.69) is 0 Å². The van der Waals surface area contributed by atoms with E-state index in [1.165, 1.54) is 12.1 Å². The molecule has 1 aliphatic heterocycles. The van der Waals surface area contributed by atoms with Crippen LogP contribution in [0.4, 0.5) is 0 Å². The number of rotatable bonds is 2. The van der Waals surface area contributed by atoms with Gasteiger partial charge in [0.2, 0.25) is 0 Å². The van der Waals surface area contributed by atoms with Crippen LogP contribution in [-0.4, -0.2) is 44.6 Å². The molecule has 0 aliphatic carbocycles. The lowest BCUT2D eigenvalue weighted by atomic mass is 10.2. The van der Waals surface area contributed by atoms with Crippen LogP contribution in [0.1, 0.15) is 16.8 Å². The molecule has 0 spiro atoms. The second-order valence-corrected chi connectivity index (χ2v) is 6.62. The Labute approximate surface area is 119 Å². The van der Waals surface area contributed by atoms with Gasteiger partial charge in [0.1, 0.15) is 0 Å². The van der Waals surface area contributed by atoms with Gasteiger partial charge in [0, 0.05) is 31.0 Å². The zero-order valence-electron chi connectivity index (χ0n) is 10.6. The van der Waals surface area contributed by atoms with Crippen molar-refractivity contribution in [3.8, 4) is 0 Å². The van der Waals surface area contributed by atoms with Crippen molar-refractivity contribution < 1.29 is 13.2 Å². The number of amides is 1. The molecule has 1 fully saturated rings. The summed E-state index contributed by atoms with van der Waals surface area (Å²) in [6.07, 6.45) is 1.92. The number of hydrogen-bond acceptors (Lipinski definition) is 4. The molecule has 1 saturated heterocycles. The summed E-state index contributed by atoms with van der Waals surface area (Å²) in [7, 11) is -3.29. The van der Waals surface area contributed by atoms with Gasteiger partial charge in [-0.3, -0.25) is 4.79 Å². The van der Waals surface area contributed by atoms with Crippen molar-refractivity contribution in [1.29, 1.82) is 0 Å². The Morgan fingerprint density at radius 3 is 2.63 bits per heavy atom. The van der Waals surface area contributed by atoms with Crippen molar-refractivity contribution in [2.45, 2.75) is 17.4 Å². The van der Waals surface area contributed by atoms with Gasteiger partial charge in [-0.05, 0) is 24.6 Å². The van der Waals surface area contributed by atoms with Gasteiger partial charge in [-0.15, -0.1) is 12.4 Å². The lowest BCUT2D eigenvalue weighted by Gasteiger charge is -2.16. The topological polar surface area (TPSA) is 80.5 Å². The van der Waals surface area contributed by atoms with Gasteiger partial charge in [0.15, 0.2) is 9.84 Å². The van der Waals surface area contributed by atoms with Crippen molar-refractivity contribution in [1.82, 2.24) is 4.90 Å². The maximum absolute atomic E-state index is 12.1. The number of carbonyl (C=O) groups excluding carboxylic acids is 1. The van der Waals surface area contributed by atoms with E-state index in [1.54, 1.807) is 17.0 Å². The van der Waals surface area contributed by atoms with Gasteiger partial charge in [-0.1, -0.05) is 6.07 Å². The van der Waals surface area contributed by atoms with Crippen LogP contribution in [0.2, 0.25) is 0 Å². The Hall–Kier alpha value is -1.11. The molecule has 5 nitrogen and oxygen atoms in total. The van der Waals surface area contributed by atoms with Crippen LogP contribution in [0, 0.1) is 0 Å². The molecule has 0 radical (unpaired) electrons. The molecule has 7 heteroatoms. The molecule has 0 unspecified atom stereocenters. The number of nitrogens with two attached hydrogens (primary N) is 1. The molecular formula is C12H17ClN2O3S. The molecule has 1 heterocycles. The molecule has 1 aromatic carbocycles. The minimum atomic E-state index is -3.29. The number of likely N-dealkylation sites (tertiary alicyclic amines) is 1. The number of sulfone groups is 1. The second-order valence-electron chi connectivity index (χ2n) is 4.60. The molecule has 1 aromatic rings. The van der Waals surface area contributed by atoms with Crippen molar-refractivity contribution in [3.05, 3.63) is 29.8 Å². The van der Waals surface area contributed by atoms with Gasteiger partial charge in [0.25, 0.3) is 5.91 Å². The third kappa shape index (κ3) is 3.68. The molecule has 2 rings (SSSR count). The van der Waals surface area contributed by atoms with E-state index in [1.807, 2.05) is 0 Å². The van der Waals surface area contributed by atoms with Crippen molar-refractivity contribution >= 4 is 28.2 Å². The molecule has 106 valence electrons. The number of nitrogens with zero attached hydrogens (tertiary/aromatic N) is 1. The third-order valence-electron chi connectivity index (χ3n) is 3.02. The van der Waals surface area contributed by atoms with Crippen molar-refractivity contribution in [2.75, 3.05) is 19.3 Å². The van der Waals surface area contributed by atoms with Crippen LogP contribution in [0.3, 0.4) is 0 Å². The van der Waals surface area contributed by atoms with Gasteiger partial charge >= 0.3 is 0 Å². The van der Waals surface area contributed by atoms with E-state index in [4.69, 9.17) is 5.73 Å². The smallest absolute Gasteiger partial charge is 0.253 e. The highest BCUT2D eigenvalue weighted by atomic mass is 35.5. The highest BCUT2D eigenvalue weighted by molar-refractivity contribution is 7.90. The van der Waals surface area contributed by atoms with E-state index in [9.17, 15) is 13.2 Å². The molecule has 0 aromatic heterocycles. The van der Waals surface area contributed by atoms with E-state index >= 15 is 0 Å². The normalized spacial score (nSPS) is 19.1. The maximum atomic E-state index is 12.1. The second kappa shape index (κ2) is 5.90. The number of hydrogen-bond donors (Lipinski definition) is 1. The Bertz CT molecular complexity index is 574. The third-order valence-corrected chi connectivity index (χ3v) is 4.13. The Kier molecular flexibility index (Phi) is 4.95. The maximum Gasteiger partial charge on any atom is 0.253 e. The number of benzene rings is 1. The van der Waals surface area contributed by atoms with E-state index in [-0.39, 0.29) is 29.3 Å². The van der Waals surface area contributed by atoms with Crippen molar-refractivity contribution in [2.24, 2.45) is 5.73 Å². The highest BCUT2D eigenvalue weighted by Gasteiger charge is 2.24. The molecule has 1 amide bonds. The van der Waals surface area contributed by atoms with E-state index in [0.717, 1.165) is 12.7 Å². The Balaban J connectivity index is 0.00000180. The molecule has 1 aliphatic rings. The fourth-order valence-corrected chi connectivity index (χ4v) is 2.68. The van der Waals surface area contributed by atoms with Crippen LogP contribution in [0.25, 0.3) is 0 Å². The van der Waals surface area contributed by atoms with E-state index < -0.39 is 9.84 Å². The number of halogens is 1. The van der Waals surface area contributed by atoms with Crippen LogP contribution >= 0.6 is 12.4 Å². The zero-order chi connectivity index (χ0) is 13.3. The monoisotopic (exact) mass is 304 g/mol. The minimum absolute atomic E-state index is 0. The van der Waals surface area contributed by atoms with Gasteiger partial charge < -0.3 is 10.6 Å². The van der Waals surface area contributed by atoms with Crippen LogP contribution in [0.15, 0.2) is 29.2 Å². The van der Waals surface area contributed by atoms with Gasteiger partial charge in [0.05, 0.1) is 4.90 Å². The predicted octanol–water partition coefficient (Wildman–Crippen LogP) is 0.685. The molecule has 0 bridgehead atoms. The quantitative estimate of drug-likeness (QED) is 0.871. The predicted molar refractivity (Wildman–Crippen MR) is 75.3 cm³/mol. The van der Waals surface area contributed by atoms with Gasteiger partial charge in [-0.25, -0.2) is 8.42 Å².